The minimum absolute atomic E-state index is 0.118. The lowest BCUT2D eigenvalue weighted by Gasteiger charge is -2.14. The summed E-state index contributed by atoms with van der Waals surface area (Å²) >= 11 is 0. The molecule has 0 bridgehead atoms. The van der Waals surface area contributed by atoms with Crippen molar-refractivity contribution >= 4 is 15.7 Å². The minimum atomic E-state index is -3.24. The molecule has 0 saturated carbocycles. The summed E-state index contributed by atoms with van der Waals surface area (Å²) in [6.45, 7) is 5.86. The standard InChI is InChI=1S/C13H21NO3S/c1-4-9-18(15,16)14-12-7-6-8-13(10-12)17-11(3)5-2/h6-8,10-11,14H,4-5,9H2,1-3H3. The van der Waals surface area contributed by atoms with E-state index in [1.54, 1.807) is 18.2 Å². The predicted molar refractivity (Wildman–Crippen MR) is 74.5 cm³/mol. The second-order valence-corrected chi connectivity index (χ2v) is 6.13. The van der Waals surface area contributed by atoms with Crippen molar-refractivity contribution in [1.29, 1.82) is 0 Å². The van der Waals surface area contributed by atoms with E-state index in [-0.39, 0.29) is 11.9 Å². The van der Waals surface area contributed by atoms with E-state index >= 15 is 0 Å². The van der Waals surface area contributed by atoms with E-state index in [9.17, 15) is 8.42 Å². The van der Waals surface area contributed by atoms with Crippen molar-refractivity contribution in [2.75, 3.05) is 10.5 Å². The Morgan fingerprint density at radius 1 is 1.33 bits per heavy atom. The zero-order chi connectivity index (χ0) is 13.6. The van der Waals surface area contributed by atoms with Crippen LogP contribution in [0.5, 0.6) is 5.75 Å². The first-order chi connectivity index (χ1) is 8.46. The van der Waals surface area contributed by atoms with Gasteiger partial charge in [0.05, 0.1) is 17.5 Å². The molecule has 4 nitrogen and oxygen atoms in total. The summed E-state index contributed by atoms with van der Waals surface area (Å²) in [6.07, 6.45) is 1.62. The van der Waals surface area contributed by atoms with Gasteiger partial charge < -0.3 is 4.74 Å². The van der Waals surface area contributed by atoms with Gasteiger partial charge in [-0.3, -0.25) is 4.72 Å². The van der Waals surface area contributed by atoms with Gasteiger partial charge in [-0.2, -0.15) is 0 Å². The smallest absolute Gasteiger partial charge is 0.232 e. The Morgan fingerprint density at radius 3 is 2.67 bits per heavy atom. The van der Waals surface area contributed by atoms with Crippen LogP contribution in [0.15, 0.2) is 24.3 Å². The van der Waals surface area contributed by atoms with Crippen molar-refractivity contribution in [2.24, 2.45) is 0 Å². The summed E-state index contributed by atoms with van der Waals surface area (Å²) in [6, 6.07) is 7.03. The maximum absolute atomic E-state index is 11.6. The lowest BCUT2D eigenvalue weighted by atomic mass is 10.3. The highest BCUT2D eigenvalue weighted by atomic mass is 32.2. The molecule has 1 N–H and O–H groups in total. The van der Waals surface area contributed by atoms with Gasteiger partial charge in [-0.1, -0.05) is 19.9 Å². The lowest BCUT2D eigenvalue weighted by Crippen LogP contribution is -2.16. The van der Waals surface area contributed by atoms with Crippen LogP contribution in [0.4, 0.5) is 5.69 Å². The summed E-state index contributed by atoms with van der Waals surface area (Å²) < 4.78 is 31.5. The van der Waals surface area contributed by atoms with Crippen LogP contribution < -0.4 is 9.46 Å². The van der Waals surface area contributed by atoms with E-state index in [4.69, 9.17) is 4.74 Å². The lowest BCUT2D eigenvalue weighted by molar-refractivity contribution is 0.217. The summed E-state index contributed by atoms with van der Waals surface area (Å²) in [4.78, 5) is 0. The van der Waals surface area contributed by atoms with Crippen molar-refractivity contribution in [3.8, 4) is 5.75 Å². The van der Waals surface area contributed by atoms with Gasteiger partial charge in [0, 0.05) is 6.07 Å². The molecule has 102 valence electrons. The SMILES string of the molecule is CCCS(=O)(=O)Nc1cccc(OC(C)CC)c1. The zero-order valence-electron chi connectivity index (χ0n) is 11.1. The highest BCUT2D eigenvalue weighted by molar-refractivity contribution is 7.92. The Balaban J connectivity index is 2.76. The average molecular weight is 271 g/mol. The molecular weight excluding hydrogens is 250 g/mol. The Morgan fingerprint density at radius 2 is 2.06 bits per heavy atom. The number of sulfonamides is 1. The highest BCUT2D eigenvalue weighted by Gasteiger charge is 2.09. The van der Waals surface area contributed by atoms with E-state index in [1.807, 2.05) is 26.8 Å². The number of rotatable bonds is 7. The summed E-state index contributed by atoms with van der Waals surface area (Å²) in [5, 5.41) is 0. The maximum Gasteiger partial charge on any atom is 0.232 e. The van der Waals surface area contributed by atoms with Gasteiger partial charge in [0.25, 0.3) is 0 Å². The van der Waals surface area contributed by atoms with Crippen molar-refractivity contribution in [3.05, 3.63) is 24.3 Å². The number of anilines is 1. The average Bonchev–Trinajstić information content (AvgIpc) is 2.28. The Bertz CT molecular complexity index is 471. The van der Waals surface area contributed by atoms with Crippen LogP contribution in [0, 0.1) is 0 Å². The van der Waals surface area contributed by atoms with Gasteiger partial charge >= 0.3 is 0 Å². The molecule has 1 atom stereocenters. The summed E-state index contributed by atoms with van der Waals surface area (Å²) in [7, 11) is -3.24. The number of hydrogen-bond acceptors (Lipinski definition) is 3. The van der Waals surface area contributed by atoms with Crippen molar-refractivity contribution in [2.45, 2.75) is 39.7 Å². The van der Waals surface area contributed by atoms with Gasteiger partial charge in [-0.25, -0.2) is 8.42 Å². The van der Waals surface area contributed by atoms with Gasteiger partial charge in [0.2, 0.25) is 10.0 Å². The van der Waals surface area contributed by atoms with E-state index in [1.165, 1.54) is 0 Å². The molecule has 0 fully saturated rings. The van der Waals surface area contributed by atoms with Gasteiger partial charge in [0.15, 0.2) is 0 Å². The van der Waals surface area contributed by atoms with Gasteiger partial charge in [-0.05, 0) is 31.9 Å². The maximum atomic E-state index is 11.6. The second kappa shape index (κ2) is 6.64. The van der Waals surface area contributed by atoms with Crippen LogP contribution in [0.1, 0.15) is 33.6 Å². The first kappa shape index (κ1) is 14.8. The van der Waals surface area contributed by atoms with Crippen LogP contribution in [-0.2, 0) is 10.0 Å². The van der Waals surface area contributed by atoms with E-state index in [0.29, 0.717) is 17.9 Å². The molecule has 1 aromatic carbocycles. The van der Waals surface area contributed by atoms with Crippen LogP contribution >= 0.6 is 0 Å². The molecular formula is C13H21NO3S. The fraction of sp³-hybridized carbons (Fsp3) is 0.538. The molecule has 18 heavy (non-hydrogen) atoms. The molecule has 1 unspecified atom stereocenters. The van der Waals surface area contributed by atoms with Crippen molar-refractivity contribution in [1.82, 2.24) is 0 Å². The first-order valence-electron chi connectivity index (χ1n) is 6.24. The third-order valence-corrected chi connectivity index (χ3v) is 3.98. The molecule has 1 aromatic rings. The van der Waals surface area contributed by atoms with Crippen LogP contribution in [0.25, 0.3) is 0 Å². The topological polar surface area (TPSA) is 55.4 Å². The van der Waals surface area contributed by atoms with E-state index in [0.717, 1.165) is 6.42 Å². The molecule has 0 aromatic heterocycles. The van der Waals surface area contributed by atoms with E-state index in [2.05, 4.69) is 4.72 Å². The molecule has 5 heteroatoms. The normalized spacial score (nSPS) is 13.1. The monoisotopic (exact) mass is 271 g/mol. The molecule has 0 radical (unpaired) electrons. The highest BCUT2D eigenvalue weighted by Crippen LogP contribution is 2.20. The number of hydrogen-bond donors (Lipinski definition) is 1. The first-order valence-corrected chi connectivity index (χ1v) is 7.89. The third-order valence-electron chi connectivity index (χ3n) is 2.49. The number of ether oxygens (including phenoxy) is 1. The molecule has 0 aliphatic carbocycles. The predicted octanol–water partition coefficient (Wildman–Crippen LogP) is 3.02. The summed E-state index contributed by atoms with van der Waals surface area (Å²) in [5.74, 6) is 0.810. The molecule has 0 heterocycles. The number of benzene rings is 1. The van der Waals surface area contributed by atoms with Gasteiger partial charge in [-0.15, -0.1) is 0 Å². The van der Waals surface area contributed by atoms with Gasteiger partial charge in [0.1, 0.15) is 5.75 Å². The van der Waals surface area contributed by atoms with Crippen molar-refractivity contribution < 1.29 is 13.2 Å². The fourth-order valence-electron chi connectivity index (χ4n) is 1.45. The summed E-state index contributed by atoms with van der Waals surface area (Å²) in [5.41, 5.74) is 0.546. The second-order valence-electron chi connectivity index (χ2n) is 4.29. The Kier molecular flexibility index (Phi) is 5.47. The molecule has 0 aliphatic heterocycles. The molecule has 0 amide bonds. The largest absolute Gasteiger partial charge is 0.491 e. The molecule has 0 aliphatic rings. The quantitative estimate of drug-likeness (QED) is 0.829. The van der Waals surface area contributed by atoms with Crippen molar-refractivity contribution in [3.63, 3.8) is 0 Å². The number of nitrogens with one attached hydrogen (secondary N) is 1. The zero-order valence-corrected chi connectivity index (χ0v) is 12.0. The third kappa shape index (κ3) is 4.96. The van der Waals surface area contributed by atoms with Crippen LogP contribution in [-0.4, -0.2) is 20.3 Å². The molecule has 1 rings (SSSR count). The Hall–Kier alpha value is -1.23. The molecule has 0 saturated heterocycles. The van der Waals surface area contributed by atoms with Crippen LogP contribution in [0.3, 0.4) is 0 Å². The van der Waals surface area contributed by atoms with Crippen LogP contribution in [0.2, 0.25) is 0 Å². The Labute approximate surface area is 109 Å². The minimum Gasteiger partial charge on any atom is -0.491 e. The fourth-order valence-corrected chi connectivity index (χ4v) is 2.57. The van der Waals surface area contributed by atoms with E-state index < -0.39 is 10.0 Å². The molecule has 0 spiro atoms.